The fourth-order valence-corrected chi connectivity index (χ4v) is 4.49. The Labute approximate surface area is 206 Å². The average Bonchev–Trinajstić information content (AvgIpc) is 2.79. The van der Waals surface area contributed by atoms with Gasteiger partial charge in [-0.15, -0.1) is 13.2 Å². The van der Waals surface area contributed by atoms with Crippen LogP contribution in [0.2, 0.25) is 0 Å². The van der Waals surface area contributed by atoms with Crippen molar-refractivity contribution in [3.8, 4) is 23.0 Å². The minimum atomic E-state index is -4.81. The summed E-state index contributed by atoms with van der Waals surface area (Å²) in [5.74, 6) is -0.779. The molecule has 0 saturated carbocycles. The highest BCUT2D eigenvalue weighted by atomic mass is 32.2. The lowest BCUT2D eigenvalue weighted by atomic mass is 10.1. The molecule has 7 nitrogen and oxygen atoms in total. The number of hydrogen-bond donors (Lipinski definition) is 1. The zero-order valence-electron chi connectivity index (χ0n) is 19.1. The van der Waals surface area contributed by atoms with Crippen LogP contribution in [0.15, 0.2) is 76.5 Å². The second-order valence-corrected chi connectivity index (χ2v) is 9.63. The minimum Gasteiger partial charge on any atom is -0.494 e. The van der Waals surface area contributed by atoms with Crippen molar-refractivity contribution < 1.29 is 45.7 Å². The summed E-state index contributed by atoms with van der Waals surface area (Å²) in [6.45, 7) is 2.34. The van der Waals surface area contributed by atoms with E-state index in [0.717, 1.165) is 25.0 Å². The van der Waals surface area contributed by atoms with Gasteiger partial charge < -0.3 is 19.3 Å². The number of carboxylic acids is 1. The number of carbonyl (C=O) groups is 1. The van der Waals surface area contributed by atoms with Crippen LogP contribution >= 0.6 is 0 Å². The van der Waals surface area contributed by atoms with Crippen LogP contribution in [0.25, 0.3) is 0 Å². The van der Waals surface area contributed by atoms with Crippen molar-refractivity contribution in [1.82, 2.24) is 0 Å². The molecule has 0 unspecified atom stereocenters. The van der Waals surface area contributed by atoms with Crippen LogP contribution in [0.3, 0.4) is 0 Å². The molecule has 0 radical (unpaired) electrons. The van der Waals surface area contributed by atoms with Gasteiger partial charge in [-0.25, -0.2) is 8.42 Å². The van der Waals surface area contributed by atoms with Crippen molar-refractivity contribution in [2.45, 2.75) is 42.3 Å². The summed E-state index contributed by atoms with van der Waals surface area (Å²) in [5, 5.41) is 9.14. The lowest BCUT2D eigenvalue weighted by Crippen LogP contribution is -2.16. The first-order chi connectivity index (χ1) is 17.0. The summed E-state index contributed by atoms with van der Waals surface area (Å²) in [7, 11) is -4.01. The van der Waals surface area contributed by atoms with Gasteiger partial charge in [-0.3, -0.25) is 4.79 Å². The molecule has 0 aromatic heterocycles. The Morgan fingerprint density at radius 1 is 0.861 bits per heavy atom. The van der Waals surface area contributed by atoms with E-state index in [1.54, 1.807) is 0 Å². The summed E-state index contributed by atoms with van der Waals surface area (Å²) < 4.78 is 78.3. The van der Waals surface area contributed by atoms with Gasteiger partial charge in [0.1, 0.15) is 23.0 Å². The third-order valence-electron chi connectivity index (χ3n) is 4.80. The van der Waals surface area contributed by atoms with Crippen LogP contribution in [0.1, 0.15) is 25.3 Å². The SMILES string of the molecule is CCCCOc1cc(CC(=O)O)cc(S(=O)(=O)c2ccc(Oc3ccc(OC(F)(F)F)cc3)cc2)c1. The maximum atomic E-state index is 13.2. The van der Waals surface area contributed by atoms with Crippen LogP contribution in [0.4, 0.5) is 13.2 Å². The molecule has 1 N–H and O–H groups in total. The Hall–Kier alpha value is -3.73. The molecule has 192 valence electrons. The summed E-state index contributed by atoms with van der Waals surface area (Å²) in [6, 6.07) is 14.3. The van der Waals surface area contributed by atoms with E-state index < -0.39 is 27.9 Å². The third kappa shape index (κ3) is 7.64. The summed E-state index contributed by atoms with van der Waals surface area (Å²) >= 11 is 0. The van der Waals surface area contributed by atoms with E-state index in [4.69, 9.17) is 14.6 Å². The lowest BCUT2D eigenvalue weighted by Gasteiger charge is -2.12. The van der Waals surface area contributed by atoms with Crippen LogP contribution in [0, 0.1) is 0 Å². The zero-order chi connectivity index (χ0) is 26.3. The smallest absolute Gasteiger partial charge is 0.494 e. The van der Waals surface area contributed by atoms with Gasteiger partial charge in [0.2, 0.25) is 9.84 Å². The molecule has 3 aromatic rings. The Bertz CT molecular complexity index is 1290. The monoisotopic (exact) mass is 524 g/mol. The Morgan fingerprint density at radius 2 is 1.44 bits per heavy atom. The molecule has 0 aliphatic carbocycles. The molecular weight excluding hydrogens is 501 g/mol. The highest BCUT2D eigenvalue weighted by Crippen LogP contribution is 2.30. The fraction of sp³-hybridized carbons (Fsp3) is 0.240. The Morgan fingerprint density at radius 3 is 2.00 bits per heavy atom. The van der Waals surface area contributed by atoms with Crippen molar-refractivity contribution in [3.05, 3.63) is 72.3 Å². The van der Waals surface area contributed by atoms with Crippen LogP contribution < -0.4 is 14.2 Å². The number of benzene rings is 3. The number of alkyl halides is 3. The average molecular weight is 525 g/mol. The highest BCUT2D eigenvalue weighted by molar-refractivity contribution is 7.91. The number of aliphatic carboxylic acids is 1. The summed E-state index contributed by atoms with van der Waals surface area (Å²) in [5.41, 5.74) is 0.285. The molecule has 0 aliphatic heterocycles. The van der Waals surface area contributed by atoms with Gasteiger partial charge in [0.15, 0.2) is 0 Å². The van der Waals surface area contributed by atoms with E-state index in [2.05, 4.69) is 4.74 Å². The summed E-state index contributed by atoms with van der Waals surface area (Å²) in [6.07, 6.45) is -3.54. The molecule has 0 atom stereocenters. The van der Waals surface area contributed by atoms with Gasteiger partial charge in [0, 0.05) is 0 Å². The third-order valence-corrected chi connectivity index (χ3v) is 6.55. The predicted molar refractivity (Wildman–Crippen MR) is 123 cm³/mol. The van der Waals surface area contributed by atoms with Crippen molar-refractivity contribution in [2.24, 2.45) is 0 Å². The Balaban J connectivity index is 1.80. The number of halogens is 3. The van der Waals surface area contributed by atoms with E-state index in [0.29, 0.717) is 6.61 Å². The first-order valence-electron chi connectivity index (χ1n) is 10.8. The number of unbranched alkanes of at least 4 members (excludes halogenated alkanes) is 1. The number of ether oxygens (including phenoxy) is 3. The number of carboxylic acid groups (broad SMARTS) is 1. The molecular formula is C25H23F3O7S. The van der Waals surface area contributed by atoms with Crippen molar-refractivity contribution in [2.75, 3.05) is 6.61 Å². The highest BCUT2D eigenvalue weighted by Gasteiger charge is 2.31. The van der Waals surface area contributed by atoms with Gasteiger partial charge in [0.05, 0.1) is 22.8 Å². The molecule has 0 aliphatic rings. The minimum absolute atomic E-state index is 0.0595. The van der Waals surface area contributed by atoms with Crippen LogP contribution in [0.5, 0.6) is 23.0 Å². The fourth-order valence-electron chi connectivity index (χ4n) is 3.15. The topological polar surface area (TPSA) is 99.1 Å². The summed E-state index contributed by atoms with van der Waals surface area (Å²) in [4.78, 5) is 11.0. The number of hydrogen-bond acceptors (Lipinski definition) is 6. The number of rotatable bonds is 11. The maximum Gasteiger partial charge on any atom is 0.573 e. The lowest BCUT2D eigenvalue weighted by molar-refractivity contribution is -0.274. The van der Waals surface area contributed by atoms with Gasteiger partial charge in [-0.2, -0.15) is 0 Å². The predicted octanol–water partition coefficient (Wildman–Crippen LogP) is 6.02. The van der Waals surface area contributed by atoms with E-state index in [9.17, 15) is 26.4 Å². The Kier molecular flexibility index (Phi) is 8.46. The maximum absolute atomic E-state index is 13.2. The second-order valence-electron chi connectivity index (χ2n) is 7.68. The zero-order valence-corrected chi connectivity index (χ0v) is 19.9. The van der Waals surface area contributed by atoms with E-state index in [1.165, 1.54) is 54.6 Å². The number of sulfone groups is 1. The molecule has 0 bridgehead atoms. The van der Waals surface area contributed by atoms with Gasteiger partial charge in [-0.1, -0.05) is 13.3 Å². The molecule has 3 aromatic carbocycles. The van der Waals surface area contributed by atoms with Gasteiger partial charge in [-0.05, 0) is 78.7 Å². The largest absolute Gasteiger partial charge is 0.573 e. The van der Waals surface area contributed by atoms with Crippen LogP contribution in [-0.4, -0.2) is 32.5 Å². The van der Waals surface area contributed by atoms with Gasteiger partial charge in [0.25, 0.3) is 0 Å². The van der Waals surface area contributed by atoms with E-state index in [-0.39, 0.29) is 39.0 Å². The van der Waals surface area contributed by atoms with Crippen LogP contribution in [-0.2, 0) is 21.1 Å². The van der Waals surface area contributed by atoms with Crippen molar-refractivity contribution in [3.63, 3.8) is 0 Å². The molecule has 0 fully saturated rings. The molecule has 36 heavy (non-hydrogen) atoms. The van der Waals surface area contributed by atoms with E-state index >= 15 is 0 Å². The normalized spacial score (nSPS) is 11.7. The molecule has 11 heteroatoms. The second kappa shape index (κ2) is 11.3. The van der Waals surface area contributed by atoms with Gasteiger partial charge >= 0.3 is 12.3 Å². The van der Waals surface area contributed by atoms with Crippen molar-refractivity contribution >= 4 is 15.8 Å². The molecule has 3 rings (SSSR count). The standard InChI is InChI=1S/C25H23F3O7S/c1-2-3-12-33-21-13-17(15-24(29)30)14-23(16-21)36(31,32)22-10-8-19(9-11-22)34-18-4-6-20(7-5-18)35-25(26,27)28/h4-11,13-14,16H,2-3,12,15H2,1H3,(H,29,30). The quantitative estimate of drug-likeness (QED) is 0.307. The first kappa shape index (κ1) is 26.9. The molecule has 0 heterocycles. The first-order valence-corrected chi connectivity index (χ1v) is 12.3. The molecule has 0 amide bonds. The van der Waals surface area contributed by atoms with Crippen molar-refractivity contribution in [1.29, 1.82) is 0 Å². The van der Waals surface area contributed by atoms with E-state index in [1.807, 2.05) is 6.92 Å². The molecule has 0 spiro atoms. The molecule has 0 saturated heterocycles.